The van der Waals surface area contributed by atoms with Gasteiger partial charge >= 0.3 is 5.97 Å². The van der Waals surface area contributed by atoms with E-state index in [9.17, 15) is 18.0 Å². The van der Waals surface area contributed by atoms with Gasteiger partial charge in [-0.25, -0.2) is 8.42 Å². The van der Waals surface area contributed by atoms with Crippen molar-refractivity contribution in [1.82, 2.24) is 9.62 Å². The summed E-state index contributed by atoms with van der Waals surface area (Å²) in [6.45, 7) is 2.65. The van der Waals surface area contributed by atoms with Crippen molar-refractivity contribution in [3.05, 3.63) is 29.8 Å². The van der Waals surface area contributed by atoms with Gasteiger partial charge in [-0.1, -0.05) is 13.3 Å². The summed E-state index contributed by atoms with van der Waals surface area (Å²) in [7, 11) is -3.67. The normalized spacial score (nSPS) is 15.6. The maximum atomic E-state index is 12.7. The van der Waals surface area contributed by atoms with Crippen LogP contribution in [0, 0.1) is 17.2 Å². The lowest BCUT2D eigenvalue weighted by Crippen LogP contribution is -2.41. The molecule has 0 spiro atoms. The molecule has 152 valence electrons. The molecule has 9 heteroatoms. The first-order valence-electron chi connectivity index (χ1n) is 9.32. The molecule has 0 aromatic heterocycles. The molecule has 0 bridgehead atoms. The van der Waals surface area contributed by atoms with Crippen LogP contribution in [0.2, 0.25) is 0 Å². The van der Waals surface area contributed by atoms with Crippen molar-refractivity contribution in [3.8, 4) is 6.07 Å². The number of carbonyl (C=O) groups excluding carboxylic acids is 2. The number of unbranched alkanes of at least 4 members (excludes halogenated alkanes) is 1. The van der Waals surface area contributed by atoms with Crippen molar-refractivity contribution in [1.29, 1.82) is 5.26 Å². The fourth-order valence-electron chi connectivity index (χ4n) is 2.89. The van der Waals surface area contributed by atoms with Gasteiger partial charge < -0.3 is 10.1 Å². The first-order valence-corrected chi connectivity index (χ1v) is 10.8. The van der Waals surface area contributed by atoms with Gasteiger partial charge in [-0.05, 0) is 43.5 Å². The van der Waals surface area contributed by atoms with Gasteiger partial charge in [-0.3, -0.25) is 9.59 Å². The second-order valence-electron chi connectivity index (χ2n) is 6.63. The van der Waals surface area contributed by atoms with Crippen LogP contribution in [0.3, 0.4) is 0 Å². The van der Waals surface area contributed by atoms with Crippen molar-refractivity contribution in [2.45, 2.75) is 37.5 Å². The van der Waals surface area contributed by atoms with Gasteiger partial charge in [0.2, 0.25) is 10.0 Å². The standard InChI is InChI=1S/C19H25N3O5S/c1-2-3-10-21-18(23)14-27-19(24)16-8-11-22(12-9-16)28(25,26)17-6-4-15(13-20)5-7-17/h4-7,16H,2-3,8-12,14H2,1H3,(H,21,23). The summed E-state index contributed by atoms with van der Waals surface area (Å²) in [6, 6.07) is 7.69. The van der Waals surface area contributed by atoms with Crippen LogP contribution in [0.25, 0.3) is 0 Å². The van der Waals surface area contributed by atoms with Crippen LogP contribution in [0.4, 0.5) is 0 Å². The second kappa shape index (κ2) is 10.2. The fourth-order valence-corrected chi connectivity index (χ4v) is 4.36. The number of hydrogen-bond donors (Lipinski definition) is 1. The monoisotopic (exact) mass is 407 g/mol. The van der Waals surface area contributed by atoms with E-state index in [2.05, 4.69) is 5.32 Å². The Balaban J connectivity index is 1.83. The Morgan fingerprint density at radius 1 is 1.25 bits per heavy atom. The lowest BCUT2D eigenvalue weighted by molar-refractivity contribution is -0.153. The summed E-state index contributed by atoms with van der Waals surface area (Å²) < 4.78 is 31.7. The number of carbonyl (C=O) groups is 2. The first-order chi connectivity index (χ1) is 13.4. The summed E-state index contributed by atoms with van der Waals surface area (Å²) in [5.74, 6) is -1.22. The number of amides is 1. The van der Waals surface area contributed by atoms with Crippen LogP contribution in [-0.4, -0.2) is 50.8 Å². The van der Waals surface area contributed by atoms with Crippen molar-refractivity contribution in [2.75, 3.05) is 26.2 Å². The number of esters is 1. The Morgan fingerprint density at radius 3 is 2.46 bits per heavy atom. The highest BCUT2D eigenvalue weighted by Crippen LogP contribution is 2.24. The van der Waals surface area contributed by atoms with E-state index in [1.54, 1.807) is 0 Å². The van der Waals surface area contributed by atoms with Crippen LogP contribution < -0.4 is 5.32 Å². The van der Waals surface area contributed by atoms with E-state index >= 15 is 0 Å². The lowest BCUT2D eigenvalue weighted by Gasteiger charge is -2.30. The number of nitrogens with one attached hydrogen (secondary N) is 1. The number of hydrogen-bond acceptors (Lipinski definition) is 6. The van der Waals surface area contributed by atoms with E-state index in [1.165, 1.54) is 28.6 Å². The summed E-state index contributed by atoms with van der Waals surface area (Å²) >= 11 is 0. The number of nitrogens with zero attached hydrogens (tertiary/aromatic N) is 2. The molecule has 8 nitrogen and oxygen atoms in total. The molecule has 1 N–H and O–H groups in total. The average molecular weight is 407 g/mol. The molecule has 1 saturated heterocycles. The third-order valence-corrected chi connectivity index (χ3v) is 6.52. The van der Waals surface area contributed by atoms with Crippen LogP contribution >= 0.6 is 0 Å². The minimum atomic E-state index is -3.67. The van der Waals surface area contributed by atoms with Gasteiger partial charge in [0, 0.05) is 19.6 Å². The number of piperidine rings is 1. The van der Waals surface area contributed by atoms with Crippen molar-refractivity contribution < 1.29 is 22.7 Å². The molecule has 1 fully saturated rings. The quantitative estimate of drug-likeness (QED) is 0.514. The van der Waals surface area contributed by atoms with E-state index in [1.807, 2.05) is 13.0 Å². The molecular weight excluding hydrogens is 382 g/mol. The molecule has 2 rings (SSSR count). The molecular formula is C19H25N3O5S. The summed E-state index contributed by atoms with van der Waals surface area (Å²) in [5.41, 5.74) is 0.388. The van der Waals surface area contributed by atoms with Gasteiger partial charge in [0.05, 0.1) is 22.4 Å². The molecule has 0 saturated carbocycles. The second-order valence-corrected chi connectivity index (χ2v) is 8.56. The van der Waals surface area contributed by atoms with Gasteiger partial charge in [0.15, 0.2) is 6.61 Å². The largest absolute Gasteiger partial charge is 0.455 e. The molecule has 1 aromatic rings. The Labute approximate surface area is 165 Å². The zero-order chi connectivity index (χ0) is 20.6. The smallest absolute Gasteiger partial charge is 0.309 e. The van der Waals surface area contributed by atoms with Crippen LogP contribution in [0.1, 0.15) is 38.2 Å². The molecule has 0 unspecified atom stereocenters. The molecule has 1 aliphatic rings. The van der Waals surface area contributed by atoms with Gasteiger partial charge in [-0.2, -0.15) is 9.57 Å². The zero-order valence-corrected chi connectivity index (χ0v) is 16.7. The third kappa shape index (κ3) is 5.78. The van der Waals surface area contributed by atoms with E-state index in [-0.39, 0.29) is 30.5 Å². The summed E-state index contributed by atoms with van der Waals surface area (Å²) in [6.07, 6.45) is 2.51. The maximum absolute atomic E-state index is 12.7. The van der Waals surface area contributed by atoms with E-state index in [4.69, 9.17) is 10.00 Å². The molecule has 0 radical (unpaired) electrons. The molecule has 1 heterocycles. The Bertz CT molecular complexity index is 822. The summed E-state index contributed by atoms with van der Waals surface area (Å²) in [4.78, 5) is 23.8. The number of rotatable bonds is 8. The SMILES string of the molecule is CCCCNC(=O)COC(=O)C1CCN(S(=O)(=O)c2ccc(C#N)cc2)CC1. The minimum Gasteiger partial charge on any atom is -0.455 e. The average Bonchev–Trinajstić information content (AvgIpc) is 2.72. The molecule has 1 amide bonds. The predicted octanol–water partition coefficient (Wildman–Crippen LogP) is 1.42. The minimum absolute atomic E-state index is 0.122. The van der Waals surface area contributed by atoms with Gasteiger partial charge in [0.1, 0.15) is 0 Å². The van der Waals surface area contributed by atoms with E-state index < -0.39 is 21.9 Å². The third-order valence-electron chi connectivity index (χ3n) is 4.61. The van der Waals surface area contributed by atoms with Crippen LogP contribution in [-0.2, 0) is 24.3 Å². The van der Waals surface area contributed by atoms with Crippen molar-refractivity contribution in [2.24, 2.45) is 5.92 Å². The Hall–Kier alpha value is -2.44. The molecule has 1 aromatic carbocycles. The van der Waals surface area contributed by atoms with Gasteiger partial charge in [0.25, 0.3) is 5.91 Å². The highest BCUT2D eigenvalue weighted by molar-refractivity contribution is 7.89. The Morgan fingerprint density at radius 2 is 1.89 bits per heavy atom. The van der Waals surface area contributed by atoms with Gasteiger partial charge in [-0.15, -0.1) is 0 Å². The highest BCUT2D eigenvalue weighted by Gasteiger charge is 2.33. The number of ether oxygens (including phenoxy) is 1. The predicted molar refractivity (Wildman–Crippen MR) is 102 cm³/mol. The highest BCUT2D eigenvalue weighted by atomic mass is 32.2. The topological polar surface area (TPSA) is 117 Å². The van der Waals surface area contributed by atoms with Crippen molar-refractivity contribution in [3.63, 3.8) is 0 Å². The number of sulfonamides is 1. The maximum Gasteiger partial charge on any atom is 0.309 e. The molecule has 0 atom stereocenters. The zero-order valence-electron chi connectivity index (χ0n) is 15.9. The first kappa shape index (κ1) is 21.9. The lowest BCUT2D eigenvalue weighted by atomic mass is 9.98. The Kier molecular flexibility index (Phi) is 7.96. The summed E-state index contributed by atoms with van der Waals surface area (Å²) in [5, 5.41) is 11.5. The van der Waals surface area contributed by atoms with E-state index in [0.29, 0.717) is 24.9 Å². The fraction of sp³-hybridized carbons (Fsp3) is 0.526. The number of benzene rings is 1. The van der Waals surface area contributed by atoms with Crippen LogP contribution in [0.15, 0.2) is 29.2 Å². The molecule has 28 heavy (non-hydrogen) atoms. The van der Waals surface area contributed by atoms with E-state index in [0.717, 1.165) is 12.8 Å². The number of nitriles is 1. The molecule has 0 aliphatic carbocycles. The molecule has 1 aliphatic heterocycles. The van der Waals surface area contributed by atoms with Crippen LogP contribution in [0.5, 0.6) is 0 Å². The van der Waals surface area contributed by atoms with Crippen molar-refractivity contribution >= 4 is 21.9 Å².